The van der Waals surface area contributed by atoms with Crippen molar-refractivity contribution in [3.8, 4) is 5.75 Å². The van der Waals surface area contributed by atoms with Crippen LogP contribution in [0.25, 0.3) is 0 Å². The van der Waals surface area contributed by atoms with Gasteiger partial charge in [0.1, 0.15) is 5.75 Å². The molecule has 0 heterocycles. The maximum atomic E-state index is 5.86. The Hall–Kier alpha value is -1.02. The molecule has 15 heavy (non-hydrogen) atoms. The monoisotopic (exact) mass is 205 g/mol. The molecule has 0 unspecified atom stereocenters. The van der Waals surface area contributed by atoms with Crippen molar-refractivity contribution < 1.29 is 4.74 Å². The molecule has 2 heteroatoms. The Morgan fingerprint density at radius 3 is 2.40 bits per heavy atom. The zero-order chi connectivity index (χ0) is 10.5. The van der Waals surface area contributed by atoms with Crippen LogP contribution in [-0.2, 0) is 0 Å². The van der Waals surface area contributed by atoms with Crippen molar-refractivity contribution in [2.45, 2.75) is 31.7 Å². The second-order valence-electron chi connectivity index (χ2n) is 4.40. The van der Waals surface area contributed by atoms with Crippen LogP contribution in [-0.4, -0.2) is 12.6 Å². The van der Waals surface area contributed by atoms with E-state index < -0.39 is 0 Å². The average molecular weight is 205 g/mol. The van der Waals surface area contributed by atoms with E-state index in [1.165, 1.54) is 12.8 Å². The first kappa shape index (κ1) is 10.5. The van der Waals surface area contributed by atoms with Gasteiger partial charge in [0.25, 0.3) is 0 Å². The van der Waals surface area contributed by atoms with Crippen molar-refractivity contribution >= 4 is 0 Å². The van der Waals surface area contributed by atoms with Crippen LogP contribution < -0.4 is 10.5 Å². The molecule has 2 N–H and O–H groups in total. The summed E-state index contributed by atoms with van der Waals surface area (Å²) in [7, 11) is 0. The molecule has 1 aliphatic carbocycles. The maximum absolute atomic E-state index is 5.86. The first-order valence-corrected chi connectivity index (χ1v) is 5.78. The van der Waals surface area contributed by atoms with E-state index in [1.54, 1.807) is 0 Å². The first-order chi connectivity index (χ1) is 7.34. The van der Waals surface area contributed by atoms with Gasteiger partial charge in [-0.3, -0.25) is 0 Å². The van der Waals surface area contributed by atoms with Crippen molar-refractivity contribution in [1.82, 2.24) is 0 Å². The van der Waals surface area contributed by atoms with E-state index in [1.807, 2.05) is 30.3 Å². The third-order valence-electron chi connectivity index (χ3n) is 3.12. The number of para-hydroxylation sites is 1. The van der Waals surface area contributed by atoms with E-state index in [4.69, 9.17) is 10.5 Å². The van der Waals surface area contributed by atoms with E-state index in [9.17, 15) is 0 Å². The average Bonchev–Trinajstić information content (AvgIpc) is 2.30. The number of nitrogens with two attached hydrogens (primary N) is 1. The summed E-state index contributed by atoms with van der Waals surface area (Å²) in [5, 5.41) is 0. The van der Waals surface area contributed by atoms with E-state index >= 15 is 0 Å². The van der Waals surface area contributed by atoms with E-state index in [2.05, 4.69) is 0 Å². The molecule has 1 aliphatic rings. The molecule has 1 aromatic carbocycles. The van der Waals surface area contributed by atoms with Crippen LogP contribution in [0.2, 0.25) is 0 Å². The lowest BCUT2D eigenvalue weighted by molar-refractivity contribution is 0.200. The van der Waals surface area contributed by atoms with Gasteiger partial charge in [-0.15, -0.1) is 0 Å². The Bertz CT molecular complexity index is 278. The fourth-order valence-corrected chi connectivity index (χ4v) is 2.09. The van der Waals surface area contributed by atoms with E-state index in [0.717, 1.165) is 25.2 Å². The van der Waals surface area contributed by atoms with Gasteiger partial charge < -0.3 is 10.5 Å². The van der Waals surface area contributed by atoms with E-state index in [-0.39, 0.29) is 0 Å². The predicted molar refractivity (Wildman–Crippen MR) is 61.9 cm³/mol. The van der Waals surface area contributed by atoms with Gasteiger partial charge in [0.2, 0.25) is 0 Å². The molecule has 1 saturated carbocycles. The number of rotatable bonds is 3. The molecule has 2 nitrogen and oxygen atoms in total. The predicted octanol–water partition coefficient (Wildman–Crippen LogP) is 2.58. The molecule has 0 bridgehead atoms. The van der Waals surface area contributed by atoms with Crippen molar-refractivity contribution in [3.05, 3.63) is 30.3 Å². The molecular formula is C13H19NO. The molecule has 0 saturated heterocycles. The van der Waals surface area contributed by atoms with Gasteiger partial charge in [-0.05, 0) is 43.7 Å². The highest BCUT2D eigenvalue weighted by Gasteiger charge is 2.18. The van der Waals surface area contributed by atoms with Gasteiger partial charge in [-0.2, -0.15) is 0 Å². The lowest BCUT2D eigenvalue weighted by Crippen LogP contribution is -2.28. The van der Waals surface area contributed by atoms with Crippen molar-refractivity contribution in [2.24, 2.45) is 11.7 Å². The zero-order valence-corrected chi connectivity index (χ0v) is 9.06. The van der Waals surface area contributed by atoms with Gasteiger partial charge in [0.15, 0.2) is 0 Å². The Kier molecular flexibility index (Phi) is 3.62. The second-order valence-corrected chi connectivity index (χ2v) is 4.40. The van der Waals surface area contributed by atoms with Crippen molar-refractivity contribution in [3.63, 3.8) is 0 Å². The van der Waals surface area contributed by atoms with Crippen LogP contribution >= 0.6 is 0 Å². The number of hydrogen-bond acceptors (Lipinski definition) is 2. The summed E-state index contributed by atoms with van der Waals surface area (Å²) in [5.41, 5.74) is 5.86. The quantitative estimate of drug-likeness (QED) is 0.823. The Morgan fingerprint density at radius 1 is 1.07 bits per heavy atom. The third kappa shape index (κ3) is 3.24. The van der Waals surface area contributed by atoms with Gasteiger partial charge >= 0.3 is 0 Å². The summed E-state index contributed by atoms with van der Waals surface area (Å²) in [6.45, 7) is 0.844. The highest BCUT2D eigenvalue weighted by molar-refractivity contribution is 5.20. The SMILES string of the molecule is NC1CCC(COc2ccccc2)CC1. The Balaban J connectivity index is 1.74. The summed E-state index contributed by atoms with van der Waals surface area (Å²) in [6, 6.07) is 10.5. The number of hydrogen-bond donors (Lipinski definition) is 1. The largest absolute Gasteiger partial charge is 0.493 e. The van der Waals surface area contributed by atoms with Gasteiger partial charge in [0, 0.05) is 6.04 Å². The van der Waals surface area contributed by atoms with Crippen LogP contribution in [0.5, 0.6) is 5.75 Å². The standard InChI is InChI=1S/C13H19NO/c14-12-8-6-11(7-9-12)10-15-13-4-2-1-3-5-13/h1-5,11-12H,6-10,14H2. The molecule has 82 valence electrons. The molecule has 2 rings (SSSR count). The minimum Gasteiger partial charge on any atom is -0.493 e. The van der Waals surface area contributed by atoms with Gasteiger partial charge in [-0.25, -0.2) is 0 Å². The minimum absolute atomic E-state index is 0.429. The fraction of sp³-hybridized carbons (Fsp3) is 0.538. The highest BCUT2D eigenvalue weighted by Crippen LogP contribution is 2.24. The maximum Gasteiger partial charge on any atom is 0.119 e. The lowest BCUT2D eigenvalue weighted by atomic mass is 9.87. The van der Waals surface area contributed by atoms with Crippen LogP contribution in [0, 0.1) is 5.92 Å². The van der Waals surface area contributed by atoms with Crippen molar-refractivity contribution in [1.29, 1.82) is 0 Å². The summed E-state index contributed by atoms with van der Waals surface area (Å²) >= 11 is 0. The fourth-order valence-electron chi connectivity index (χ4n) is 2.09. The smallest absolute Gasteiger partial charge is 0.119 e. The molecule has 0 aliphatic heterocycles. The summed E-state index contributed by atoms with van der Waals surface area (Å²) < 4.78 is 5.74. The highest BCUT2D eigenvalue weighted by atomic mass is 16.5. The molecule has 0 radical (unpaired) electrons. The van der Waals surface area contributed by atoms with Gasteiger partial charge in [-0.1, -0.05) is 18.2 Å². The molecule has 1 aromatic rings. The topological polar surface area (TPSA) is 35.2 Å². The molecule has 0 aromatic heterocycles. The zero-order valence-electron chi connectivity index (χ0n) is 9.06. The second kappa shape index (κ2) is 5.17. The Morgan fingerprint density at radius 2 is 1.73 bits per heavy atom. The molecule has 0 spiro atoms. The van der Waals surface area contributed by atoms with Crippen molar-refractivity contribution in [2.75, 3.05) is 6.61 Å². The molecule has 1 fully saturated rings. The minimum atomic E-state index is 0.429. The molecule has 0 atom stereocenters. The van der Waals surface area contributed by atoms with Gasteiger partial charge in [0.05, 0.1) is 6.61 Å². The van der Waals surface area contributed by atoms with Crippen LogP contribution in [0.4, 0.5) is 0 Å². The third-order valence-corrected chi connectivity index (χ3v) is 3.12. The van der Waals surface area contributed by atoms with Crippen LogP contribution in [0.3, 0.4) is 0 Å². The lowest BCUT2D eigenvalue weighted by Gasteiger charge is -2.25. The molecule has 0 amide bonds. The summed E-state index contributed by atoms with van der Waals surface area (Å²) in [5.74, 6) is 1.68. The normalized spacial score (nSPS) is 26.2. The van der Waals surface area contributed by atoms with Crippen LogP contribution in [0.1, 0.15) is 25.7 Å². The number of ether oxygens (including phenoxy) is 1. The van der Waals surface area contributed by atoms with Crippen LogP contribution in [0.15, 0.2) is 30.3 Å². The van der Waals surface area contributed by atoms with E-state index in [0.29, 0.717) is 12.0 Å². The summed E-state index contributed by atoms with van der Waals surface area (Å²) in [6.07, 6.45) is 4.74. The Labute approximate surface area is 91.4 Å². The number of benzene rings is 1. The first-order valence-electron chi connectivity index (χ1n) is 5.78. The summed E-state index contributed by atoms with van der Waals surface area (Å²) in [4.78, 5) is 0. The molecular weight excluding hydrogens is 186 g/mol.